The van der Waals surface area contributed by atoms with Crippen molar-refractivity contribution >= 4 is 15.9 Å². The van der Waals surface area contributed by atoms with Crippen LogP contribution in [0.4, 0.5) is 4.39 Å². The summed E-state index contributed by atoms with van der Waals surface area (Å²) in [7, 11) is 0. The zero-order chi connectivity index (χ0) is 9.42. The highest BCUT2D eigenvalue weighted by molar-refractivity contribution is 9.10. The molecular weight excluding hydrogens is 235 g/mol. The summed E-state index contributed by atoms with van der Waals surface area (Å²) in [6.07, 6.45) is 1.39. The van der Waals surface area contributed by atoms with Crippen molar-refractivity contribution in [2.45, 2.75) is 18.9 Å². The van der Waals surface area contributed by atoms with Crippen LogP contribution in [-0.4, -0.2) is 5.11 Å². The summed E-state index contributed by atoms with van der Waals surface area (Å²) in [4.78, 5) is 0. The molecule has 13 heavy (non-hydrogen) atoms. The highest BCUT2D eigenvalue weighted by Crippen LogP contribution is 2.42. The minimum atomic E-state index is -0.627. The van der Waals surface area contributed by atoms with Crippen molar-refractivity contribution in [1.82, 2.24) is 0 Å². The number of aliphatic hydroxyl groups excluding tert-OH is 1. The number of rotatable bonds is 2. The molecule has 1 aliphatic carbocycles. The Labute approximate surface area is 84.7 Å². The van der Waals surface area contributed by atoms with E-state index in [0.29, 0.717) is 10.0 Å². The Bertz CT molecular complexity index is 323. The lowest BCUT2D eigenvalue weighted by atomic mass is 10.1. The lowest BCUT2D eigenvalue weighted by Gasteiger charge is -2.10. The van der Waals surface area contributed by atoms with E-state index in [1.54, 1.807) is 18.2 Å². The maximum absolute atomic E-state index is 13.4. The van der Waals surface area contributed by atoms with E-state index in [1.165, 1.54) is 0 Å². The van der Waals surface area contributed by atoms with Gasteiger partial charge in [-0.1, -0.05) is 12.1 Å². The summed E-state index contributed by atoms with van der Waals surface area (Å²) in [5.74, 6) is -0.0642. The first-order chi connectivity index (χ1) is 6.20. The first-order valence-corrected chi connectivity index (χ1v) is 5.11. The van der Waals surface area contributed by atoms with Crippen molar-refractivity contribution in [3.8, 4) is 0 Å². The molecule has 2 rings (SSSR count). The standard InChI is InChI=1S/C10H10BrFO/c11-8-3-1-2-7(9(8)12)10(13)6-4-5-6/h1-3,6,10,13H,4-5H2. The average Bonchev–Trinajstić information content (AvgIpc) is 2.91. The summed E-state index contributed by atoms with van der Waals surface area (Å²) < 4.78 is 13.9. The van der Waals surface area contributed by atoms with Gasteiger partial charge in [0.15, 0.2) is 0 Å². The van der Waals surface area contributed by atoms with Crippen LogP contribution in [0.1, 0.15) is 24.5 Å². The lowest BCUT2D eigenvalue weighted by Crippen LogP contribution is -2.02. The van der Waals surface area contributed by atoms with Crippen LogP contribution in [0.15, 0.2) is 22.7 Å². The molecule has 0 bridgehead atoms. The van der Waals surface area contributed by atoms with Crippen LogP contribution in [0.2, 0.25) is 0 Å². The van der Waals surface area contributed by atoms with E-state index in [-0.39, 0.29) is 11.7 Å². The van der Waals surface area contributed by atoms with E-state index in [0.717, 1.165) is 12.8 Å². The first-order valence-electron chi connectivity index (χ1n) is 4.32. The molecule has 3 heteroatoms. The fraction of sp³-hybridized carbons (Fsp3) is 0.400. The van der Waals surface area contributed by atoms with Gasteiger partial charge in [0.1, 0.15) is 5.82 Å². The third kappa shape index (κ3) is 1.76. The number of benzene rings is 1. The Morgan fingerprint density at radius 1 is 1.46 bits per heavy atom. The SMILES string of the molecule is OC(c1cccc(Br)c1F)C1CC1. The van der Waals surface area contributed by atoms with Crippen LogP contribution in [0, 0.1) is 11.7 Å². The highest BCUT2D eigenvalue weighted by atomic mass is 79.9. The molecule has 1 atom stereocenters. The fourth-order valence-electron chi connectivity index (χ4n) is 1.41. The number of hydrogen-bond acceptors (Lipinski definition) is 1. The van der Waals surface area contributed by atoms with Gasteiger partial charge in [-0.15, -0.1) is 0 Å². The van der Waals surface area contributed by atoms with E-state index in [2.05, 4.69) is 15.9 Å². The Hall–Kier alpha value is -0.410. The van der Waals surface area contributed by atoms with Gasteiger partial charge in [0.25, 0.3) is 0 Å². The molecule has 1 unspecified atom stereocenters. The number of aliphatic hydroxyl groups is 1. The monoisotopic (exact) mass is 244 g/mol. The van der Waals surface area contributed by atoms with Crippen molar-refractivity contribution in [2.24, 2.45) is 5.92 Å². The molecule has 1 aromatic carbocycles. The van der Waals surface area contributed by atoms with Crippen LogP contribution in [0.25, 0.3) is 0 Å². The zero-order valence-electron chi connectivity index (χ0n) is 7.00. The first kappa shape index (κ1) is 9.16. The smallest absolute Gasteiger partial charge is 0.143 e. The fourth-order valence-corrected chi connectivity index (χ4v) is 1.80. The molecular formula is C10H10BrFO. The van der Waals surface area contributed by atoms with Gasteiger partial charge < -0.3 is 5.11 Å². The Morgan fingerprint density at radius 2 is 2.15 bits per heavy atom. The molecule has 1 saturated carbocycles. The van der Waals surface area contributed by atoms with Crippen molar-refractivity contribution in [1.29, 1.82) is 0 Å². The summed E-state index contributed by atoms with van der Waals surface area (Å²) in [6, 6.07) is 5.02. The number of halogens is 2. The summed E-state index contributed by atoms with van der Waals surface area (Å²) in [6.45, 7) is 0. The molecule has 0 aliphatic heterocycles. The minimum Gasteiger partial charge on any atom is -0.388 e. The normalized spacial score (nSPS) is 18.7. The predicted molar refractivity (Wildman–Crippen MR) is 51.8 cm³/mol. The molecule has 0 amide bonds. The van der Waals surface area contributed by atoms with Crippen molar-refractivity contribution in [2.75, 3.05) is 0 Å². The zero-order valence-corrected chi connectivity index (χ0v) is 8.59. The second kappa shape index (κ2) is 3.39. The largest absolute Gasteiger partial charge is 0.388 e. The molecule has 0 saturated heterocycles. The van der Waals surface area contributed by atoms with Gasteiger partial charge >= 0.3 is 0 Å². The lowest BCUT2D eigenvalue weighted by molar-refractivity contribution is 0.149. The molecule has 0 heterocycles. The third-order valence-corrected chi connectivity index (χ3v) is 2.98. The maximum Gasteiger partial charge on any atom is 0.143 e. The van der Waals surface area contributed by atoms with Gasteiger partial charge in [0.05, 0.1) is 10.6 Å². The Balaban J connectivity index is 2.32. The second-order valence-corrected chi connectivity index (χ2v) is 4.28. The summed E-state index contributed by atoms with van der Waals surface area (Å²) >= 11 is 3.10. The summed E-state index contributed by atoms with van der Waals surface area (Å²) in [5, 5.41) is 9.70. The molecule has 1 N–H and O–H groups in total. The van der Waals surface area contributed by atoms with Crippen LogP contribution in [0.3, 0.4) is 0 Å². The highest BCUT2D eigenvalue weighted by Gasteiger charge is 2.32. The van der Waals surface area contributed by atoms with Crippen molar-refractivity contribution < 1.29 is 9.50 Å². The Morgan fingerprint density at radius 3 is 2.77 bits per heavy atom. The topological polar surface area (TPSA) is 20.2 Å². The number of hydrogen-bond donors (Lipinski definition) is 1. The summed E-state index contributed by atoms with van der Waals surface area (Å²) in [5.41, 5.74) is 0.414. The van der Waals surface area contributed by atoms with Crippen LogP contribution < -0.4 is 0 Å². The van der Waals surface area contributed by atoms with E-state index < -0.39 is 6.10 Å². The molecule has 1 aliphatic rings. The molecule has 70 valence electrons. The molecule has 1 nitrogen and oxygen atoms in total. The van der Waals surface area contributed by atoms with E-state index in [1.807, 2.05) is 0 Å². The molecule has 0 spiro atoms. The van der Waals surface area contributed by atoms with Gasteiger partial charge in [0, 0.05) is 5.56 Å². The van der Waals surface area contributed by atoms with E-state index in [4.69, 9.17) is 0 Å². The Kier molecular flexibility index (Phi) is 2.39. The van der Waals surface area contributed by atoms with Gasteiger partial charge in [0.2, 0.25) is 0 Å². The van der Waals surface area contributed by atoms with Crippen LogP contribution in [-0.2, 0) is 0 Å². The van der Waals surface area contributed by atoms with Crippen LogP contribution in [0.5, 0.6) is 0 Å². The molecule has 0 aromatic heterocycles. The maximum atomic E-state index is 13.4. The third-order valence-electron chi connectivity index (χ3n) is 2.37. The van der Waals surface area contributed by atoms with Gasteiger partial charge in [-0.25, -0.2) is 4.39 Å². The van der Waals surface area contributed by atoms with E-state index in [9.17, 15) is 9.50 Å². The van der Waals surface area contributed by atoms with Gasteiger partial charge in [-0.2, -0.15) is 0 Å². The molecule has 1 fully saturated rings. The molecule has 0 radical (unpaired) electrons. The van der Waals surface area contributed by atoms with Crippen LogP contribution >= 0.6 is 15.9 Å². The molecule has 1 aromatic rings. The predicted octanol–water partition coefficient (Wildman–Crippen LogP) is 3.03. The quantitative estimate of drug-likeness (QED) is 0.849. The minimum absolute atomic E-state index is 0.267. The average molecular weight is 245 g/mol. The second-order valence-electron chi connectivity index (χ2n) is 3.43. The van der Waals surface area contributed by atoms with E-state index >= 15 is 0 Å². The van der Waals surface area contributed by atoms with Crippen molar-refractivity contribution in [3.63, 3.8) is 0 Å². The van der Waals surface area contributed by atoms with Crippen molar-refractivity contribution in [3.05, 3.63) is 34.1 Å². The van der Waals surface area contributed by atoms with Gasteiger partial charge in [-0.05, 0) is 40.8 Å². The van der Waals surface area contributed by atoms with Gasteiger partial charge in [-0.3, -0.25) is 0 Å².